The average molecular weight is 331 g/mol. The fraction of sp³-hybridized carbons (Fsp3) is 0.316. The van der Waals surface area contributed by atoms with Crippen LogP contribution in [0.15, 0.2) is 36.4 Å². The molecule has 1 amide bonds. The molecule has 4 nitrogen and oxygen atoms in total. The Hall–Kier alpha value is -2.56. The fourth-order valence-electron chi connectivity index (χ4n) is 2.57. The van der Waals surface area contributed by atoms with E-state index in [0.717, 1.165) is 0 Å². The van der Waals surface area contributed by atoms with Gasteiger partial charge in [-0.15, -0.1) is 0 Å². The Morgan fingerprint density at radius 1 is 1.12 bits per heavy atom. The zero-order valence-electron chi connectivity index (χ0n) is 14.1. The van der Waals surface area contributed by atoms with Crippen molar-refractivity contribution in [1.82, 2.24) is 0 Å². The molecule has 2 aromatic rings. The van der Waals surface area contributed by atoms with Gasteiger partial charge in [-0.2, -0.15) is 0 Å². The number of carbonyl (C=O) groups excluding carboxylic acids is 1. The molecule has 0 heterocycles. The Kier molecular flexibility index (Phi) is 5.44. The number of amides is 1. The topological polar surface area (TPSA) is 60.8 Å². The number of nitrogens with zero attached hydrogens (tertiary/aromatic N) is 1. The predicted molar refractivity (Wildman–Crippen MR) is 92.2 cm³/mol. The molecule has 0 bridgehead atoms. The van der Waals surface area contributed by atoms with Crippen molar-refractivity contribution in [1.29, 1.82) is 0 Å². The SMILES string of the molecule is CCCN(C(=O)c1cc(C(C)C)c(O)cc1O)c1ccc(F)cc1. The second kappa shape index (κ2) is 7.34. The van der Waals surface area contributed by atoms with E-state index in [1.165, 1.54) is 41.3 Å². The van der Waals surface area contributed by atoms with Gasteiger partial charge in [0.15, 0.2) is 0 Å². The molecule has 0 spiro atoms. The van der Waals surface area contributed by atoms with Gasteiger partial charge in [-0.1, -0.05) is 20.8 Å². The summed E-state index contributed by atoms with van der Waals surface area (Å²) in [6.07, 6.45) is 0.707. The Bertz CT molecular complexity index is 726. The minimum Gasteiger partial charge on any atom is -0.508 e. The van der Waals surface area contributed by atoms with E-state index in [9.17, 15) is 19.4 Å². The largest absolute Gasteiger partial charge is 0.508 e. The van der Waals surface area contributed by atoms with Gasteiger partial charge in [0.25, 0.3) is 5.91 Å². The second-order valence-corrected chi connectivity index (χ2v) is 6.02. The molecular weight excluding hydrogens is 309 g/mol. The third-order valence-electron chi connectivity index (χ3n) is 3.83. The highest BCUT2D eigenvalue weighted by Gasteiger charge is 2.22. The summed E-state index contributed by atoms with van der Waals surface area (Å²) in [5.74, 6) is -1.07. The van der Waals surface area contributed by atoms with Gasteiger partial charge in [0.05, 0.1) is 5.56 Å². The van der Waals surface area contributed by atoms with Crippen LogP contribution in [0.4, 0.5) is 10.1 Å². The second-order valence-electron chi connectivity index (χ2n) is 6.02. The normalized spacial score (nSPS) is 10.9. The zero-order valence-corrected chi connectivity index (χ0v) is 14.1. The minimum absolute atomic E-state index is 0.00240. The van der Waals surface area contributed by atoms with Crippen molar-refractivity contribution in [3.05, 3.63) is 53.3 Å². The van der Waals surface area contributed by atoms with Crippen LogP contribution in [0, 0.1) is 5.82 Å². The van der Waals surface area contributed by atoms with E-state index in [0.29, 0.717) is 24.2 Å². The van der Waals surface area contributed by atoms with Crippen LogP contribution in [-0.4, -0.2) is 22.7 Å². The Balaban J connectivity index is 2.47. The first-order valence-corrected chi connectivity index (χ1v) is 7.98. The summed E-state index contributed by atoms with van der Waals surface area (Å²) < 4.78 is 13.1. The van der Waals surface area contributed by atoms with Crippen molar-refractivity contribution < 1.29 is 19.4 Å². The molecule has 24 heavy (non-hydrogen) atoms. The van der Waals surface area contributed by atoms with E-state index in [-0.39, 0.29) is 34.7 Å². The zero-order chi connectivity index (χ0) is 17.9. The van der Waals surface area contributed by atoms with Crippen LogP contribution in [0.2, 0.25) is 0 Å². The van der Waals surface area contributed by atoms with Crippen molar-refractivity contribution in [2.45, 2.75) is 33.1 Å². The number of phenols is 2. The molecule has 0 unspecified atom stereocenters. The van der Waals surface area contributed by atoms with Gasteiger partial charge in [-0.3, -0.25) is 4.79 Å². The smallest absolute Gasteiger partial charge is 0.262 e. The number of rotatable bonds is 5. The maximum atomic E-state index is 13.1. The van der Waals surface area contributed by atoms with Crippen LogP contribution in [0.3, 0.4) is 0 Å². The van der Waals surface area contributed by atoms with E-state index >= 15 is 0 Å². The van der Waals surface area contributed by atoms with Crippen LogP contribution in [-0.2, 0) is 0 Å². The lowest BCUT2D eigenvalue weighted by molar-refractivity contribution is 0.0984. The van der Waals surface area contributed by atoms with Crippen molar-refractivity contribution in [3.63, 3.8) is 0 Å². The Labute approximate surface area is 141 Å². The first-order valence-electron chi connectivity index (χ1n) is 7.98. The van der Waals surface area contributed by atoms with Crippen molar-refractivity contribution >= 4 is 11.6 Å². The molecule has 5 heteroatoms. The quantitative estimate of drug-likeness (QED) is 0.853. The molecule has 2 aromatic carbocycles. The maximum absolute atomic E-state index is 13.1. The molecule has 0 fully saturated rings. The Morgan fingerprint density at radius 2 is 1.75 bits per heavy atom. The minimum atomic E-state index is -0.386. The first-order chi connectivity index (χ1) is 11.3. The summed E-state index contributed by atoms with van der Waals surface area (Å²) in [5.41, 5.74) is 1.27. The van der Waals surface area contributed by atoms with Gasteiger partial charge in [-0.25, -0.2) is 4.39 Å². The molecule has 0 aliphatic heterocycles. The number of hydrogen-bond donors (Lipinski definition) is 2. The molecule has 0 aliphatic rings. The fourth-order valence-corrected chi connectivity index (χ4v) is 2.57. The standard InChI is InChI=1S/C19H22FNO3/c1-4-9-21(14-7-5-13(20)6-8-14)19(24)16-10-15(12(2)3)17(22)11-18(16)23/h5-8,10-12,22-23H,4,9H2,1-3H3. The van der Waals surface area contributed by atoms with Gasteiger partial charge >= 0.3 is 0 Å². The number of aromatic hydroxyl groups is 2. The number of anilines is 1. The molecule has 2 N–H and O–H groups in total. The lowest BCUT2D eigenvalue weighted by Gasteiger charge is -2.23. The van der Waals surface area contributed by atoms with E-state index in [2.05, 4.69) is 0 Å². The third kappa shape index (κ3) is 3.67. The van der Waals surface area contributed by atoms with Crippen LogP contribution in [0.25, 0.3) is 0 Å². The highest BCUT2D eigenvalue weighted by atomic mass is 19.1. The monoisotopic (exact) mass is 331 g/mol. The van der Waals surface area contributed by atoms with Crippen molar-refractivity contribution in [3.8, 4) is 11.5 Å². The summed E-state index contributed by atoms with van der Waals surface area (Å²) in [6.45, 7) is 6.15. The summed E-state index contributed by atoms with van der Waals surface area (Å²) >= 11 is 0. The van der Waals surface area contributed by atoms with Gasteiger partial charge in [0, 0.05) is 18.3 Å². The third-order valence-corrected chi connectivity index (χ3v) is 3.83. The van der Waals surface area contributed by atoms with E-state index in [4.69, 9.17) is 0 Å². The summed E-state index contributed by atoms with van der Waals surface area (Å²) in [7, 11) is 0. The van der Waals surface area contributed by atoms with E-state index < -0.39 is 0 Å². The number of benzene rings is 2. The number of hydrogen-bond acceptors (Lipinski definition) is 3. The number of halogens is 1. The average Bonchev–Trinajstić information content (AvgIpc) is 2.53. The predicted octanol–water partition coefficient (Wildman–Crippen LogP) is 4.42. The van der Waals surface area contributed by atoms with Crippen LogP contribution in [0.5, 0.6) is 11.5 Å². The summed E-state index contributed by atoms with van der Waals surface area (Å²) in [4.78, 5) is 14.4. The highest BCUT2D eigenvalue weighted by Crippen LogP contribution is 2.33. The van der Waals surface area contributed by atoms with Crippen LogP contribution >= 0.6 is 0 Å². The molecule has 0 saturated heterocycles. The highest BCUT2D eigenvalue weighted by molar-refractivity contribution is 6.08. The van der Waals surface area contributed by atoms with Gasteiger partial charge in [0.2, 0.25) is 0 Å². The molecule has 2 rings (SSSR count). The summed E-state index contributed by atoms with van der Waals surface area (Å²) in [5, 5.41) is 20.0. The van der Waals surface area contributed by atoms with E-state index in [1.807, 2.05) is 20.8 Å². The molecule has 128 valence electrons. The molecule has 0 saturated carbocycles. The molecule has 0 atom stereocenters. The van der Waals surface area contributed by atoms with Gasteiger partial charge in [-0.05, 0) is 48.2 Å². The van der Waals surface area contributed by atoms with Gasteiger partial charge < -0.3 is 15.1 Å². The van der Waals surface area contributed by atoms with Crippen LogP contribution < -0.4 is 4.90 Å². The van der Waals surface area contributed by atoms with Crippen LogP contribution in [0.1, 0.15) is 49.0 Å². The lowest BCUT2D eigenvalue weighted by atomic mass is 9.98. The summed E-state index contributed by atoms with van der Waals surface area (Å²) in [6, 6.07) is 8.36. The molecule has 0 radical (unpaired) electrons. The number of carbonyl (C=O) groups is 1. The molecule has 0 aliphatic carbocycles. The lowest BCUT2D eigenvalue weighted by Crippen LogP contribution is -2.31. The van der Waals surface area contributed by atoms with Gasteiger partial charge in [0.1, 0.15) is 17.3 Å². The molecule has 0 aromatic heterocycles. The van der Waals surface area contributed by atoms with E-state index in [1.54, 1.807) is 0 Å². The number of phenolic OH excluding ortho intramolecular Hbond substituents is 2. The maximum Gasteiger partial charge on any atom is 0.262 e. The Morgan fingerprint density at radius 3 is 2.29 bits per heavy atom. The van der Waals surface area contributed by atoms with Crippen molar-refractivity contribution in [2.24, 2.45) is 0 Å². The molecular formula is C19H22FNO3. The van der Waals surface area contributed by atoms with Crippen molar-refractivity contribution in [2.75, 3.05) is 11.4 Å². The first kappa shape index (κ1) is 17.8.